The van der Waals surface area contributed by atoms with Crippen LogP contribution in [0, 0.1) is 0 Å². The van der Waals surface area contributed by atoms with Crippen molar-refractivity contribution in [3.63, 3.8) is 0 Å². The molecule has 9 heteroatoms. The van der Waals surface area contributed by atoms with E-state index >= 15 is 0 Å². The van der Waals surface area contributed by atoms with Gasteiger partial charge < -0.3 is 14.8 Å². The zero-order valence-corrected chi connectivity index (χ0v) is 19.0. The number of ether oxygens (including phenoxy) is 2. The van der Waals surface area contributed by atoms with E-state index in [-0.39, 0.29) is 11.7 Å². The number of methoxy groups -OCH3 is 2. The Morgan fingerprint density at radius 2 is 1.97 bits per heavy atom. The summed E-state index contributed by atoms with van der Waals surface area (Å²) in [5, 5.41) is 12.1. The topological polar surface area (TPSA) is 78.3 Å². The van der Waals surface area contributed by atoms with Gasteiger partial charge in [0, 0.05) is 22.6 Å². The van der Waals surface area contributed by atoms with Gasteiger partial charge in [0.05, 0.1) is 25.7 Å². The minimum Gasteiger partial charge on any atom is -0.497 e. The van der Waals surface area contributed by atoms with Crippen LogP contribution in [0.15, 0.2) is 64.7 Å². The molecule has 0 aliphatic carbocycles. The molecule has 1 aromatic heterocycles. The average molecular weight is 489 g/mol. The van der Waals surface area contributed by atoms with Crippen molar-refractivity contribution in [2.24, 2.45) is 0 Å². The average Bonchev–Trinajstić information content (AvgIpc) is 3.16. The van der Waals surface area contributed by atoms with Gasteiger partial charge in [0.25, 0.3) is 0 Å². The van der Waals surface area contributed by atoms with Crippen molar-refractivity contribution in [3.05, 3.63) is 59.6 Å². The second kappa shape index (κ2) is 10.3. The zero-order valence-electron chi connectivity index (χ0n) is 16.6. The van der Waals surface area contributed by atoms with Crippen molar-refractivity contribution in [2.75, 3.05) is 25.3 Å². The molecule has 0 aliphatic rings. The Balaban J connectivity index is 1.72. The van der Waals surface area contributed by atoms with Crippen molar-refractivity contribution in [1.29, 1.82) is 0 Å². The van der Waals surface area contributed by atoms with Crippen molar-refractivity contribution in [3.8, 4) is 22.9 Å². The highest BCUT2D eigenvalue weighted by Crippen LogP contribution is 2.30. The molecule has 0 fully saturated rings. The van der Waals surface area contributed by atoms with E-state index in [9.17, 15) is 4.79 Å². The van der Waals surface area contributed by atoms with Crippen molar-refractivity contribution < 1.29 is 14.3 Å². The molecule has 0 atom stereocenters. The van der Waals surface area contributed by atoms with Crippen molar-refractivity contribution in [2.45, 2.75) is 11.7 Å². The van der Waals surface area contributed by atoms with Gasteiger partial charge in [-0.15, -0.1) is 16.8 Å². The van der Waals surface area contributed by atoms with Crippen LogP contribution in [0.1, 0.15) is 0 Å². The maximum Gasteiger partial charge on any atom is 0.234 e. The van der Waals surface area contributed by atoms with Gasteiger partial charge in [0.2, 0.25) is 5.91 Å². The van der Waals surface area contributed by atoms with Crippen LogP contribution in [0.5, 0.6) is 11.5 Å². The van der Waals surface area contributed by atoms with Crippen LogP contribution >= 0.6 is 27.7 Å². The van der Waals surface area contributed by atoms with E-state index in [1.807, 2.05) is 28.8 Å². The highest BCUT2D eigenvalue weighted by atomic mass is 79.9. The number of amides is 1. The summed E-state index contributed by atoms with van der Waals surface area (Å²) in [5.41, 5.74) is 1.51. The number of hydrogen-bond acceptors (Lipinski definition) is 6. The third-order valence-corrected chi connectivity index (χ3v) is 5.64. The maximum absolute atomic E-state index is 12.5. The number of rotatable bonds is 9. The first kappa shape index (κ1) is 21.9. The van der Waals surface area contributed by atoms with E-state index in [1.54, 1.807) is 38.5 Å². The van der Waals surface area contributed by atoms with E-state index in [4.69, 9.17) is 9.47 Å². The summed E-state index contributed by atoms with van der Waals surface area (Å²) in [7, 11) is 3.12. The summed E-state index contributed by atoms with van der Waals surface area (Å²) in [6, 6.07) is 13.0. The first-order valence-electron chi connectivity index (χ1n) is 9.00. The van der Waals surface area contributed by atoms with Crippen molar-refractivity contribution >= 4 is 39.3 Å². The fourth-order valence-electron chi connectivity index (χ4n) is 2.72. The molecule has 0 unspecified atom stereocenters. The Morgan fingerprint density at radius 3 is 2.63 bits per heavy atom. The molecule has 3 rings (SSSR count). The van der Waals surface area contributed by atoms with Gasteiger partial charge in [0.1, 0.15) is 11.5 Å². The second-order valence-corrected chi connectivity index (χ2v) is 7.97. The molecule has 1 amide bonds. The first-order chi connectivity index (χ1) is 14.5. The molecular formula is C21H21BrN4O3S. The molecule has 0 radical (unpaired) electrons. The lowest BCUT2D eigenvalue weighted by molar-refractivity contribution is -0.113. The number of carbonyl (C=O) groups excluding carboxylic acids is 1. The summed E-state index contributed by atoms with van der Waals surface area (Å²) in [4.78, 5) is 12.5. The number of thioether (sulfide) groups is 1. The van der Waals surface area contributed by atoms with E-state index in [0.29, 0.717) is 28.9 Å². The van der Waals surface area contributed by atoms with Gasteiger partial charge in [-0.05, 0) is 24.3 Å². The predicted molar refractivity (Wildman–Crippen MR) is 122 cm³/mol. The van der Waals surface area contributed by atoms with Crippen LogP contribution < -0.4 is 14.8 Å². The quantitative estimate of drug-likeness (QED) is 0.349. The summed E-state index contributed by atoms with van der Waals surface area (Å²) < 4.78 is 13.4. The van der Waals surface area contributed by atoms with Crippen LogP contribution in [-0.4, -0.2) is 40.6 Å². The van der Waals surface area contributed by atoms with Gasteiger partial charge in [-0.25, -0.2) is 0 Å². The molecule has 2 aromatic carbocycles. The van der Waals surface area contributed by atoms with Crippen LogP contribution in [-0.2, 0) is 11.3 Å². The fraction of sp³-hybridized carbons (Fsp3) is 0.190. The van der Waals surface area contributed by atoms with E-state index in [0.717, 1.165) is 15.9 Å². The second-order valence-electron chi connectivity index (χ2n) is 6.12. The summed E-state index contributed by atoms with van der Waals surface area (Å²) in [6.45, 7) is 4.35. The van der Waals surface area contributed by atoms with Gasteiger partial charge in [-0.1, -0.05) is 45.9 Å². The van der Waals surface area contributed by atoms with Crippen LogP contribution in [0.25, 0.3) is 11.4 Å². The Hall–Kier alpha value is -2.78. The molecule has 7 nitrogen and oxygen atoms in total. The minimum atomic E-state index is -0.179. The number of nitrogens with zero attached hydrogens (tertiary/aromatic N) is 3. The minimum absolute atomic E-state index is 0.171. The number of halogens is 1. The maximum atomic E-state index is 12.5. The molecule has 0 saturated heterocycles. The largest absolute Gasteiger partial charge is 0.497 e. The summed E-state index contributed by atoms with van der Waals surface area (Å²) in [6.07, 6.45) is 1.78. The van der Waals surface area contributed by atoms with Gasteiger partial charge in [-0.2, -0.15) is 0 Å². The Labute approximate surface area is 187 Å². The summed E-state index contributed by atoms with van der Waals surface area (Å²) in [5.74, 6) is 1.89. The molecule has 1 heterocycles. The first-order valence-corrected chi connectivity index (χ1v) is 10.8. The highest BCUT2D eigenvalue weighted by molar-refractivity contribution is 9.10. The molecule has 0 saturated carbocycles. The molecule has 0 spiro atoms. The van der Waals surface area contributed by atoms with Crippen LogP contribution in [0.2, 0.25) is 0 Å². The lowest BCUT2D eigenvalue weighted by Crippen LogP contribution is -2.15. The number of nitrogens with one attached hydrogen (secondary N) is 1. The SMILES string of the molecule is C=CCn1c(SCC(=O)Nc2ccc(OC)cc2OC)nnc1-c1ccc(Br)cc1. The number of carbonyl (C=O) groups is 1. The molecular weight excluding hydrogens is 468 g/mol. The number of allylic oxidation sites excluding steroid dienone is 1. The molecule has 3 aromatic rings. The van der Waals surface area contributed by atoms with Gasteiger partial charge in [-0.3, -0.25) is 9.36 Å². The predicted octanol–water partition coefficient (Wildman–Crippen LogP) is 4.64. The highest BCUT2D eigenvalue weighted by Gasteiger charge is 2.16. The standard InChI is InChI=1S/C21H21BrN4O3S/c1-4-11-26-20(14-5-7-15(22)8-6-14)24-25-21(26)30-13-19(27)23-17-10-9-16(28-2)12-18(17)29-3/h4-10,12H,1,11,13H2,2-3H3,(H,23,27). The number of benzene rings is 2. The molecule has 0 aliphatic heterocycles. The smallest absolute Gasteiger partial charge is 0.234 e. The Kier molecular flexibility index (Phi) is 7.53. The fourth-order valence-corrected chi connectivity index (χ4v) is 3.73. The van der Waals surface area contributed by atoms with Crippen LogP contribution in [0.4, 0.5) is 5.69 Å². The van der Waals surface area contributed by atoms with E-state index in [1.165, 1.54) is 11.8 Å². The van der Waals surface area contributed by atoms with E-state index < -0.39 is 0 Å². The molecule has 30 heavy (non-hydrogen) atoms. The monoisotopic (exact) mass is 488 g/mol. The Morgan fingerprint density at radius 1 is 1.20 bits per heavy atom. The number of hydrogen-bond donors (Lipinski definition) is 1. The third-order valence-electron chi connectivity index (χ3n) is 4.15. The molecule has 1 N–H and O–H groups in total. The lowest BCUT2D eigenvalue weighted by Gasteiger charge is -2.12. The molecule has 156 valence electrons. The van der Waals surface area contributed by atoms with Gasteiger partial charge >= 0.3 is 0 Å². The number of anilines is 1. The zero-order chi connectivity index (χ0) is 21.5. The number of aromatic nitrogens is 3. The Bertz CT molecular complexity index is 1040. The van der Waals surface area contributed by atoms with Crippen LogP contribution in [0.3, 0.4) is 0 Å². The van der Waals surface area contributed by atoms with Gasteiger partial charge in [0.15, 0.2) is 11.0 Å². The summed E-state index contributed by atoms with van der Waals surface area (Å²) >= 11 is 4.74. The normalized spacial score (nSPS) is 10.5. The third kappa shape index (κ3) is 5.22. The van der Waals surface area contributed by atoms with Crippen molar-refractivity contribution in [1.82, 2.24) is 14.8 Å². The molecule has 0 bridgehead atoms. The van der Waals surface area contributed by atoms with E-state index in [2.05, 4.69) is 38.0 Å². The lowest BCUT2D eigenvalue weighted by atomic mass is 10.2.